The number of ether oxygens (including phenoxy) is 1. The Morgan fingerprint density at radius 1 is 1.15 bits per heavy atom. The summed E-state index contributed by atoms with van der Waals surface area (Å²) in [5.74, 6) is -0.708. The number of fused-ring (bicyclic) bond motifs is 1. The lowest BCUT2D eigenvalue weighted by atomic mass is 10.1. The molecule has 0 radical (unpaired) electrons. The number of aromatic carboxylic acids is 1. The zero-order valence-electron chi connectivity index (χ0n) is 18.2. The Hall–Kier alpha value is -2.44. The zero-order chi connectivity index (χ0) is 24.0. The van der Waals surface area contributed by atoms with Crippen LogP contribution in [-0.4, -0.2) is 82.6 Å². The van der Waals surface area contributed by atoms with Crippen molar-refractivity contribution in [2.75, 3.05) is 55.8 Å². The third-order valence-corrected chi connectivity index (χ3v) is 7.60. The number of aryl methyl sites for hydroxylation is 1. The number of nitrogens with zero attached hydrogens (tertiary/aromatic N) is 3. The predicted octanol–water partition coefficient (Wildman–Crippen LogP) is 2.49. The van der Waals surface area contributed by atoms with Crippen molar-refractivity contribution in [1.82, 2.24) is 9.47 Å². The van der Waals surface area contributed by atoms with Gasteiger partial charge in [0.05, 0.1) is 17.8 Å². The fraction of sp³-hybridized carbons (Fsp3) is 0.476. The highest BCUT2D eigenvalue weighted by molar-refractivity contribution is 8.76. The summed E-state index contributed by atoms with van der Waals surface area (Å²) in [4.78, 5) is 39.5. The van der Waals surface area contributed by atoms with Gasteiger partial charge in [-0.3, -0.25) is 4.79 Å². The van der Waals surface area contributed by atoms with Crippen LogP contribution in [0.4, 0.5) is 14.9 Å². The van der Waals surface area contributed by atoms with E-state index in [1.165, 1.54) is 27.8 Å². The van der Waals surface area contributed by atoms with E-state index in [2.05, 4.69) is 0 Å². The van der Waals surface area contributed by atoms with Gasteiger partial charge >= 0.3 is 12.1 Å². The first kappa shape index (κ1) is 25.2. The van der Waals surface area contributed by atoms with Gasteiger partial charge in [-0.2, -0.15) is 0 Å². The fourth-order valence-electron chi connectivity index (χ4n) is 3.60. The number of amides is 1. The number of pyridine rings is 1. The number of carboxylic acid groups (broad SMARTS) is 1. The van der Waals surface area contributed by atoms with Crippen molar-refractivity contribution in [2.24, 2.45) is 0 Å². The third-order valence-electron chi connectivity index (χ3n) is 5.25. The predicted molar refractivity (Wildman–Crippen MR) is 128 cm³/mol. The molecule has 0 saturated carbocycles. The van der Waals surface area contributed by atoms with Gasteiger partial charge in [0.15, 0.2) is 0 Å². The van der Waals surface area contributed by atoms with Crippen LogP contribution in [-0.2, 0) is 11.3 Å². The molecule has 3 rings (SSSR count). The molecule has 0 unspecified atom stereocenters. The van der Waals surface area contributed by atoms with E-state index in [1.807, 2.05) is 6.92 Å². The number of hydrogen-bond acceptors (Lipinski definition) is 8. The van der Waals surface area contributed by atoms with Crippen LogP contribution in [0.5, 0.6) is 0 Å². The van der Waals surface area contributed by atoms with Gasteiger partial charge in [0.25, 0.3) is 0 Å². The minimum Gasteiger partial charge on any atom is -0.477 e. The summed E-state index contributed by atoms with van der Waals surface area (Å²) < 4.78 is 21.8. The summed E-state index contributed by atoms with van der Waals surface area (Å²) in [6.07, 6.45) is 0.867. The van der Waals surface area contributed by atoms with E-state index in [9.17, 15) is 23.9 Å². The molecule has 2 aromatic rings. The number of anilines is 1. The van der Waals surface area contributed by atoms with Crippen LogP contribution in [0.1, 0.15) is 17.3 Å². The van der Waals surface area contributed by atoms with E-state index in [-0.39, 0.29) is 18.6 Å². The average molecular weight is 500 g/mol. The summed E-state index contributed by atoms with van der Waals surface area (Å²) >= 11 is 0. The van der Waals surface area contributed by atoms with Gasteiger partial charge < -0.3 is 29.3 Å². The molecular formula is C21H26FN3O6S2. The Morgan fingerprint density at radius 2 is 1.85 bits per heavy atom. The van der Waals surface area contributed by atoms with E-state index in [1.54, 1.807) is 20.4 Å². The fourth-order valence-corrected chi connectivity index (χ4v) is 5.19. The van der Waals surface area contributed by atoms with Crippen molar-refractivity contribution in [1.29, 1.82) is 0 Å². The quantitative estimate of drug-likeness (QED) is 0.397. The van der Waals surface area contributed by atoms with E-state index < -0.39 is 28.9 Å². The Labute approximate surface area is 197 Å². The molecule has 1 aliphatic rings. The first-order valence-corrected chi connectivity index (χ1v) is 13.0. The lowest BCUT2D eigenvalue weighted by Crippen LogP contribution is -2.49. The van der Waals surface area contributed by atoms with Crippen LogP contribution in [0.2, 0.25) is 0 Å². The van der Waals surface area contributed by atoms with Crippen LogP contribution in [0.25, 0.3) is 10.9 Å². The van der Waals surface area contributed by atoms with Gasteiger partial charge in [0.1, 0.15) is 18.0 Å². The molecule has 0 bridgehead atoms. The molecule has 2 N–H and O–H groups in total. The molecule has 1 aliphatic heterocycles. The van der Waals surface area contributed by atoms with Crippen LogP contribution in [0.15, 0.2) is 23.1 Å². The molecule has 0 spiro atoms. The lowest BCUT2D eigenvalue weighted by Gasteiger charge is -2.35. The molecule has 1 aromatic carbocycles. The number of aliphatic hydroxyl groups is 1. The maximum atomic E-state index is 14.9. The minimum atomic E-state index is -1.35. The molecule has 0 atom stereocenters. The van der Waals surface area contributed by atoms with Crippen molar-refractivity contribution in [3.63, 3.8) is 0 Å². The molecule has 33 heavy (non-hydrogen) atoms. The van der Waals surface area contributed by atoms with Crippen molar-refractivity contribution in [3.8, 4) is 0 Å². The number of halogens is 1. The number of rotatable bonds is 9. The molecule has 12 heteroatoms. The smallest absolute Gasteiger partial charge is 0.409 e. The zero-order valence-corrected chi connectivity index (χ0v) is 19.8. The second-order valence-electron chi connectivity index (χ2n) is 7.24. The van der Waals surface area contributed by atoms with Crippen molar-refractivity contribution in [2.45, 2.75) is 13.5 Å². The normalized spacial score (nSPS) is 14.0. The van der Waals surface area contributed by atoms with E-state index >= 15 is 0 Å². The van der Waals surface area contributed by atoms with Gasteiger partial charge in [-0.15, -0.1) is 0 Å². The Morgan fingerprint density at radius 3 is 2.48 bits per heavy atom. The van der Waals surface area contributed by atoms with E-state index in [0.717, 1.165) is 6.07 Å². The summed E-state index contributed by atoms with van der Waals surface area (Å²) in [5, 5.41) is 18.0. The molecule has 1 fully saturated rings. The van der Waals surface area contributed by atoms with Crippen molar-refractivity contribution >= 4 is 50.2 Å². The minimum absolute atomic E-state index is 0.0234. The Bertz CT molecular complexity index is 1070. The van der Waals surface area contributed by atoms with Crippen molar-refractivity contribution < 1.29 is 28.9 Å². The van der Waals surface area contributed by atoms with Gasteiger partial charge in [0, 0.05) is 55.8 Å². The maximum Gasteiger partial charge on any atom is 0.409 e. The number of carboxylic acids is 1. The molecule has 2 heterocycles. The highest BCUT2D eigenvalue weighted by Crippen LogP contribution is 2.26. The van der Waals surface area contributed by atoms with Crippen LogP contribution in [0.3, 0.4) is 0 Å². The van der Waals surface area contributed by atoms with Gasteiger partial charge in [-0.1, -0.05) is 21.6 Å². The molecule has 1 saturated heterocycles. The van der Waals surface area contributed by atoms with Crippen LogP contribution in [0, 0.1) is 5.82 Å². The largest absolute Gasteiger partial charge is 0.477 e. The number of carbonyl (C=O) groups is 2. The lowest BCUT2D eigenvalue weighted by molar-refractivity contribution is 0.0694. The standard InChI is InChI=1S/C21H26FN3O6S2/c1-2-23-13-15(20(28)29)19(27)14-11-16(22)18(12-17(14)23)24-3-5-25(6-4-24)21(30)31-8-10-33-32-9-7-26/h11-13,26H,2-10H2,1H3,(H,28,29). The topological polar surface area (TPSA) is 112 Å². The highest BCUT2D eigenvalue weighted by atomic mass is 33.1. The average Bonchev–Trinajstić information content (AvgIpc) is 2.81. The SMILES string of the molecule is CCn1cc(C(=O)O)c(=O)c2cc(F)c(N3CCN(C(=O)OCCSSCCO)CC3)cc21. The number of piperazine rings is 1. The monoisotopic (exact) mass is 499 g/mol. The molecule has 1 aromatic heterocycles. The number of carbonyl (C=O) groups excluding carboxylic acids is 1. The summed E-state index contributed by atoms with van der Waals surface area (Å²) in [6, 6.07) is 2.66. The molecule has 1 amide bonds. The first-order chi connectivity index (χ1) is 15.9. The van der Waals surface area contributed by atoms with Gasteiger partial charge in [0.2, 0.25) is 5.43 Å². The number of aliphatic hydroxyl groups excluding tert-OH is 1. The molecular weight excluding hydrogens is 473 g/mol. The van der Waals surface area contributed by atoms with Crippen LogP contribution < -0.4 is 10.3 Å². The summed E-state index contributed by atoms with van der Waals surface area (Å²) in [6.45, 7) is 4.12. The molecule has 180 valence electrons. The van der Waals surface area contributed by atoms with E-state index in [0.29, 0.717) is 55.4 Å². The molecule has 0 aliphatic carbocycles. The second-order valence-corrected chi connectivity index (χ2v) is 9.94. The summed E-state index contributed by atoms with van der Waals surface area (Å²) in [7, 11) is 3.04. The number of aromatic nitrogens is 1. The number of benzene rings is 1. The van der Waals surface area contributed by atoms with Crippen LogP contribution >= 0.6 is 21.6 Å². The Kier molecular flexibility index (Phi) is 8.87. The van der Waals surface area contributed by atoms with E-state index in [4.69, 9.17) is 9.84 Å². The maximum absolute atomic E-state index is 14.9. The third kappa shape index (κ3) is 5.92. The summed E-state index contributed by atoms with van der Waals surface area (Å²) in [5.41, 5.74) is -0.345. The number of hydrogen-bond donors (Lipinski definition) is 2. The highest BCUT2D eigenvalue weighted by Gasteiger charge is 2.25. The Balaban J connectivity index is 1.68. The molecule has 9 nitrogen and oxygen atoms in total. The first-order valence-electron chi connectivity index (χ1n) is 10.5. The van der Waals surface area contributed by atoms with Gasteiger partial charge in [-0.25, -0.2) is 14.0 Å². The van der Waals surface area contributed by atoms with Crippen molar-refractivity contribution in [3.05, 3.63) is 39.9 Å². The second kappa shape index (κ2) is 11.6. The van der Waals surface area contributed by atoms with Gasteiger partial charge in [-0.05, 0) is 19.1 Å².